The molecule has 0 aliphatic rings. The van der Waals surface area contributed by atoms with Gasteiger partial charge in [0.25, 0.3) is 0 Å². The van der Waals surface area contributed by atoms with Gasteiger partial charge in [-0.3, -0.25) is 0 Å². The second-order valence-electron chi connectivity index (χ2n) is 4.03. The van der Waals surface area contributed by atoms with Gasteiger partial charge in [0.05, 0.1) is 0 Å². The highest BCUT2D eigenvalue weighted by atomic mass is 32.1. The average molecular weight is 246 g/mol. The third-order valence-electron chi connectivity index (χ3n) is 2.72. The summed E-state index contributed by atoms with van der Waals surface area (Å²) in [7, 11) is 0. The average Bonchev–Trinajstić information content (AvgIpc) is 2.88. The highest BCUT2D eigenvalue weighted by Gasteiger charge is 1.95. The summed E-state index contributed by atoms with van der Waals surface area (Å²) in [6.07, 6.45) is 1.11. The van der Waals surface area contributed by atoms with E-state index >= 15 is 0 Å². The molecule has 0 unspecified atom stereocenters. The lowest BCUT2D eigenvalue weighted by Crippen LogP contribution is -2.16. The summed E-state index contributed by atoms with van der Waals surface area (Å²) < 4.78 is 0. The predicted octanol–water partition coefficient (Wildman–Crippen LogP) is 2.54. The second-order valence-corrected chi connectivity index (χ2v) is 5.06. The Morgan fingerprint density at radius 2 is 1.82 bits per heavy atom. The lowest BCUT2D eigenvalue weighted by Gasteiger charge is -2.05. The molecule has 0 saturated carbocycles. The monoisotopic (exact) mass is 246 g/mol. The van der Waals surface area contributed by atoms with Crippen LogP contribution in [0.5, 0.6) is 0 Å². The Labute approximate surface area is 106 Å². The summed E-state index contributed by atoms with van der Waals surface area (Å²) in [5, 5.41) is 5.58. The van der Waals surface area contributed by atoms with Gasteiger partial charge < -0.3 is 11.1 Å². The molecule has 2 aromatic rings. The molecule has 1 aromatic heterocycles. The summed E-state index contributed by atoms with van der Waals surface area (Å²) in [6, 6.07) is 12.8. The first-order chi connectivity index (χ1) is 8.38. The Kier molecular flexibility index (Phi) is 4.74. The molecule has 1 heterocycles. The Hall–Kier alpha value is -1.16. The number of nitrogens with one attached hydrogen (secondary N) is 1. The van der Waals surface area contributed by atoms with Gasteiger partial charge in [0.15, 0.2) is 0 Å². The van der Waals surface area contributed by atoms with Gasteiger partial charge in [0, 0.05) is 24.5 Å². The first kappa shape index (κ1) is 12.3. The van der Waals surface area contributed by atoms with E-state index in [2.05, 4.69) is 47.1 Å². The van der Waals surface area contributed by atoms with Gasteiger partial charge in [-0.05, 0) is 29.0 Å². The Morgan fingerprint density at radius 3 is 2.47 bits per heavy atom. The largest absolute Gasteiger partial charge is 0.326 e. The van der Waals surface area contributed by atoms with E-state index in [-0.39, 0.29) is 0 Å². The van der Waals surface area contributed by atoms with Crippen molar-refractivity contribution in [3.63, 3.8) is 0 Å². The summed E-state index contributed by atoms with van der Waals surface area (Å²) in [5.41, 5.74) is 8.06. The van der Waals surface area contributed by atoms with Crippen molar-refractivity contribution >= 4 is 11.3 Å². The van der Waals surface area contributed by atoms with Gasteiger partial charge >= 0.3 is 0 Å². The fraction of sp³-hybridized carbons (Fsp3) is 0.286. The molecule has 0 aliphatic carbocycles. The molecule has 0 spiro atoms. The third-order valence-corrected chi connectivity index (χ3v) is 3.65. The molecular weight excluding hydrogens is 228 g/mol. The second kappa shape index (κ2) is 6.55. The van der Waals surface area contributed by atoms with Crippen molar-refractivity contribution in [2.24, 2.45) is 5.73 Å². The van der Waals surface area contributed by atoms with E-state index < -0.39 is 0 Å². The van der Waals surface area contributed by atoms with E-state index in [0.717, 1.165) is 19.5 Å². The lowest BCUT2D eigenvalue weighted by molar-refractivity contribution is 0.690. The van der Waals surface area contributed by atoms with Gasteiger partial charge in [-0.1, -0.05) is 30.3 Å². The fourth-order valence-corrected chi connectivity index (χ4v) is 2.40. The van der Waals surface area contributed by atoms with Crippen LogP contribution < -0.4 is 11.1 Å². The minimum Gasteiger partial charge on any atom is -0.326 e. The minimum atomic E-state index is 0.617. The van der Waals surface area contributed by atoms with Crippen LogP contribution in [0.1, 0.15) is 16.0 Å². The van der Waals surface area contributed by atoms with Crippen molar-refractivity contribution in [2.45, 2.75) is 19.5 Å². The maximum Gasteiger partial charge on any atom is 0.0205 e. The summed E-state index contributed by atoms with van der Waals surface area (Å²) >= 11 is 1.82. The van der Waals surface area contributed by atoms with Gasteiger partial charge in [0.2, 0.25) is 0 Å². The standard InChI is InChI=1S/C14H18N2S/c15-10-12-3-5-13(6-4-12)11-16-8-7-14-2-1-9-17-14/h1-6,9,16H,7-8,10-11,15H2. The van der Waals surface area contributed by atoms with Crippen molar-refractivity contribution in [1.29, 1.82) is 0 Å². The van der Waals surface area contributed by atoms with Crippen LogP contribution in [0.2, 0.25) is 0 Å². The minimum absolute atomic E-state index is 0.617. The smallest absolute Gasteiger partial charge is 0.0205 e. The van der Waals surface area contributed by atoms with Crippen LogP contribution in [0.15, 0.2) is 41.8 Å². The normalized spacial score (nSPS) is 10.6. The summed E-state index contributed by atoms with van der Waals surface area (Å²) in [4.78, 5) is 1.44. The van der Waals surface area contributed by atoms with Crippen LogP contribution in [-0.2, 0) is 19.5 Å². The van der Waals surface area contributed by atoms with Crippen molar-refractivity contribution in [1.82, 2.24) is 5.32 Å². The molecule has 3 heteroatoms. The van der Waals surface area contributed by atoms with E-state index in [0.29, 0.717) is 6.54 Å². The van der Waals surface area contributed by atoms with Gasteiger partial charge in [0.1, 0.15) is 0 Å². The van der Waals surface area contributed by atoms with E-state index in [9.17, 15) is 0 Å². The first-order valence-electron chi connectivity index (χ1n) is 5.89. The maximum atomic E-state index is 5.56. The Bertz CT molecular complexity index is 420. The van der Waals surface area contributed by atoms with E-state index in [1.807, 2.05) is 11.3 Å². The van der Waals surface area contributed by atoms with Crippen LogP contribution in [0.25, 0.3) is 0 Å². The van der Waals surface area contributed by atoms with Crippen molar-refractivity contribution in [3.8, 4) is 0 Å². The fourth-order valence-electron chi connectivity index (χ4n) is 1.69. The zero-order valence-corrected chi connectivity index (χ0v) is 10.7. The van der Waals surface area contributed by atoms with Gasteiger partial charge in [-0.25, -0.2) is 0 Å². The molecule has 0 bridgehead atoms. The van der Waals surface area contributed by atoms with E-state index in [1.54, 1.807) is 0 Å². The highest BCUT2D eigenvalue weighted by Crippen LogP contribution is 2.08. The molecule has 0 amide bonds. The van der Waals surface area contributed by atoms with Crippen LogP contribution in [0.3, 0.4) is 0 Å². The molecule has 3 N–H and O–H groups in total. The number of hydrogen-bond acceptors (Lipinski definition) is 3. The Balaban J connectivity index is 1.70. The molecule has 0 aliphatic heterocycles. The first-order valence-corrected chi connectivity index (χ1v) is 6.77. The molecular formula is C14H18N2S. The molecule has 0 atom stereocenters. The maximum absolute atomic E-state index is 5.56. The molecule has 0 radical (unpaired) electrons. The quantitative estimate of drug-likeness (QED) is 0.769. The molecule has 17 heavy (non-hydrogen) atoms. The predicted molar refractivity (Wildman–Crippen MR) is 74.1 cm³/mol. The van der Waals surface area contributed by atoms with Crippen molar-refractivity contribution in [2.75, 3.05) is 6.54 Å². The van der Waals surface area contributed by atoms with Gasteiger partial charge in [-0.15, -0.1) is 11.3 Å². The third kappa shape index (κ3) is 3.97. The van der Waals surface area contributed by atoms with Gasteiger partial charge in [-0.2, -0.15) is 0 Å². The summed E-state index contributed by atoms with van der Waals surface area (Å²) in [5.74, 6) is 0. The van der Waals surface area contributed by atoms with E-state index in [1.165, 1.54) is 16.0 Å². The molecule has 0 saturated heterocycles. The number of nitrogens with two attached hydrogens (primary N) is 1. The highest BCUT2D eigenvalue weighted by molar-refractivity contribution is 7.09. The Morgan fingerprint density at radius 1 is 1.06 bits per heavy atom. The summed E-state index contributed by atoms with van der Waals surface area (Å²) in [6.45, 7) is 2.57. The lowest BCUT2D eigenvalue weighted by atomic mass is 10.1. The molecule has 90 valence electrons. The zero-order valence-electron chi connectivity index (χ0n) is 9.86. The van der Waals surface area contributed by atoms with Crippen molar-refractivity contribution in [3.05, 3.63) is 57.8 Å². The number of hydrogen-bond donors (Lipinski definition) is 2. The number of thiophene rings is 1. The van der Waals surface area contributed by atoms with Crippen LogP contribution >= 0.6 is 11.3 Å². The molecule has 2 nitrogen and oxygen atoms in total. The zero-order chi connectivity index (χ0) is 11.9. The van der Waals surface area contributed by atoms with Crippen LogP contribution in [0.4, 0.5) is 0 Å². The SMILES string of the molecule is NCc1ccc(CNCCc2cccs2)cc1. The van der Waals surface area contributed by atoms with Crippen LogP contribution in [-0.4, -0.2) is 6.54 Å². The topological polar surface area (TPSA) is 38.0 Å². The van der Waals surface area contributed by atoms with Crippen LogP contribution in [0, 0.1) is 0 Å². The van der Waals surface area contributed by atoms with Crippen molar-refractivity contribution < 1.29 is 0 Å². The molecule has 0 fully saturated rings. The van der Waals surface area contributed by atoms with E-state index in [4.69, 9.17) is 5.73 Å². The number of rotatable bonds is 6. The molecule has 1 aromatic carbocycles. The number of benzene rings is 1. The molecule has 2 rings (SSSR count).